The lowest BCUT2D eigenvalue weighted by Gasteiger charge is -2.05. The Morgan fingerprint density at radius 3 is 2.00 bits per heavy atom. The van der Waals surface area contributed by atoms with Crippen LogP contribution in [0.4, 0.5) is 0 Å². The van der Waals surface area contributed by atoms with Crippen LogP contribution >= 0.6 is 22.9 Å². The summed E-state index contributed by atoms with van der Waals surface area (Å²) in [5, 5.41) is 0. The minimum Gasteiger partial charge on any atom is -0.497 e. The summed E-state index contributed by atoms with van der Waals surface area (Å²) in [6, 6.07) is 20.9. The monoisotopic (exact) mass is 314 g/mol. The van der Waals surface area contributed by atoms with Crippen molar-refractivity contribution in [3.63, 3.8) is 0 Å². The van der Waals surface area contributed by atoms with E-state index < -0.39 is 0 Å². The highest BCUT2D eigenvalue weighted by Gasteiger charge is 2.02. The van der Waals surface area contributed by atoms with Crippen LogP contribution in [0.1, 0.15) is 11.1 Å². The van der Waals surface area contributed by atoms with Crippen LogP contribution in [0.3, 0.4) is 0 Å². The first-order valence-electron chi connectivity index (χ1n) is 6.72. The minimum atomic E-state index is 0.826. The highest BCUT2D eigenvalue weighted by atomic mass is 35.5. The van der Waals surface area contributed by atoms with Gasteiger partial charge in [0.05, 0.1) is 11.4 Å². The Balaban J connectivity index is 1.74. The normalized spacial score (nSPS) is 10.6. The van der Waals surface area contributed by atoms with E-state index in [4.69, 9.17) is 16.3 Å². The molecule has 0 amide bonds. The molecule has 0 bridgehead atoms. The molecular formula is C18H15ClOS. The summed E-state index contributed by atoms with van der Waals surface area (Å²) in [6.45, 7) is 0. The van der Waals surface area contributed by atoms with Crippen molar-refractivity contribution in [2.45, 2.75) is 6.42 Å². The molecule has 21 heavy (non-hydrogen) atoms. The molecule has 0 saturated carbocycles. The fourth-order valence-electron chi connectivity index (χ4n) is 2.24. The Hall–Kier alpha value is -1.77. The van der Waals surface area contributed by atoms with Gasteiger partial charge in [-0.2, -0.15) is 0 Å². The molecular weight excluding hydrogens is 300 g/mol. The van der Waals surface area contributed by atoms with E-state index >= 15 is 0 Å². The van der Waals surface area contributed by atoms with E-state index in [1.807, 2.05) is 18.2 Å². The van der Waals surface area contributed by atoms with Crippen molar-refractivity contribution in [1.82, 2.24) is 0 Å². The molecule has 1 nitrogen and oxygen atoms in total. The van der Waals surface area contributed by atoms with E-state index in [0.29, 0.717) is 0 Å². The van der Waals surface area contributed by atoms with Gasteiger partial charge in [0.1, 0.15) is 5.75 Å². The lowest BCUT2D eigenvalue weighted by atomic mass is 10.0. The Morgan fingerprint density at radius 2 is 1.48 bits per heavy atom. The maximum Gasteiger partial charge on any atom is 0.118 e. The number of methoxy groups -OCH3 is 1. The summed E-state index contributed by atoms with van der Waals surface area (Å²) in [5.41, 5.74) is 3.79. The fraction of sp³-hybridized carbons (Fsp3) is 0.111. The van der Waals surface area contributed by atoms with Gasteiger partial charge in [-0.1, -0.05) is 48.0 Å². The average molecular weight is 315 g/mol. The number of hydrogen-bond acceptors (Lipinski definition) is 2. The third-order valence-corrected chi connectivity index (χ3v) is 4.66. The molecule has 0 aliphatic heterocycles. The lowest BCUT2D eigenvalue weighted by molar-refractivity contribution is 0.414. The van der Waals surface area contributed by atoms with Crippen molar-refractivity contribution in [2.24, 2.45) is 0 Å². The molecule has 0 N–H and O–H groups in total. The van der Waals surface area contributed by atoms with Crippen molar-refractivity contribution < 1.29 is 4.74 Å². The molecule has 106 valence electrons. The van der Waals surface area contributed by atoms with Gasteiger partial charge < -0.3 is 4.74 Å². The fourth-order valence-corrected chi connectivity index (χ4v) is 3.28. The van der Waals surface area contributed by atoms with Crippen LogP contribution in [0.2, 0.25) is 4.34 Å². The summed E-state index contributed by atoms with van der Waals surface area (Å²) in [5.74, 6) is 0.892. The molecule has 0 unspecified atom stereocenters. The van der Waals surface area contributed by atoms with Gasteiger partial charge in [-0.3, -0.25) is 0 Å². The summed E-state index contributed by atoms with van der Waals surface area (Å²) in [4.78, 5) is 1.20. The molecule has 0 fully saturated rings. The van der Waals surface area contributed by atoms with Crippen LogP contribution in [0, 0.1) is 0 Å². The van der Waals surface area contributed by atoms with Crippen LogP contribution in [-0.4, -0.2) is 7.11 Å². The largest absolute Gasteiger partial charge is 0.497 e. The molecule has 0 radical (unpaired) electrons. The zero-order valence-electron chi connectivity index (χ0n) is 11.7. The maximum absolute atomic E-state index is 5.98. The van der Waals surface area contributed by atoms with E-state index in [1.165, 1.54) is 21.6 Å². The molecule has 3 heteroatoms. The van der Waals surface area contributed by atoms with Crippen molar-refractivity contribution in [3.8, 4) is 16.2 Å². The van der Waals surface area contributed by atoms with E-state index in [2.05, 4.69) is 42.5 Å². The smallest absolute Gasteiger partial charge is 0.118 e. The van der Waals surface area contributed by atoms with Gasteiger partial charge in [0.2, 0.25) is 0 Å². The zero-order valence-corrected chi connectivity index (χ0v) is 13.2. The Morgan fingerprint density at radius 1 is 0.857 bits per heavy atom. The van der Waals surface area contributed by atoms with Gasteiger partial charge in [-0.15, -0.1) is 11.3 Å². The summed E-state index contributed by atoms with van der Waals surface area (Å²) >= 11 is 7.59. The summed E-state index contributed by atoms with van der Waals surface area (Å²) < 4.78 is 6.00. The molecule has 1 heterocycles. The topological polar surface area (TPSA) is 9.23 Å². The van der Waals surface area contributed by atoms with Crippen LogP contribution in [0.15, 0.2) is 60.7 Å². The first-order valence-corrected chi connectivity index (χ1v) is 7.91. The van der Waals surface area contributed by atoms with Crippen LogP contribution in [-0.2, 0) is 6.42 Å². The average Bonchev–Trinajstić information content (AvgIpc) is 2.95. The minimum absolute atomic E-state index is 0.826. The Bertz CT molecular complexity index is 714. The molecule has 0 atom stereocenters. The summed E-state index contributed by atoms with van der Waals surface area (Å²) in [6.07, 6.45) is 0.926. The van der Waals surface area contributed by atoms with Gasteiger partial charge in [-0.25, -0.2) is 0 Å². The molecule has 3 rings (SSSR count). The van der Waals surface area contributed by atoms with Crippen molar-refractivity contribution in [3.05, 3.63) is 76.1 Å². The second-order valence-electron chi connectivity index (χ2n) is 4.83. The zero-order chi connectivity index (χ0) is 14.7. The lowest BCUT2D eigenvalue weighted by Crippen LogP contribution is -1.89. The van der Waals surface area contributed by atoms with Crippen molar-refractivity contribution >= 4 is 22.9 Å². The third kappa shape index (κ3) is 3.46. The molecule has 3 aromatic rings. The number of rotatable bonds is 4. The first kappa shape index (κ1) is 14.2. The van der Waals surface area contributed by atoms with Crippen LogP contribution in [0.5, 0.6) is 5.75 Å². The standard InChI is InChI=1S/C18H15ClOS/c1-20-16-8-4-14(5-9-16)12-13-2-6-15(7-3-13)17-10-11-18(19)21-17/h2-11H,12H2,1H3. The molecule has 2 aromatic carbocycles. The van der Waals surface area contributed by atoms with Gasteiger partial charge in [0.25, 0.3) is 0 Å². The SMILES string of the molecule is COc1ccc(Cc2ccc(-c3ccc(Cl)s3)cc2)cc1. The van der Waals surface area contributed by atoms with E-state index in [9.17, 15) is 0 Å². The summed E-state index contributed by atoms with van der Waals surface area (Å²) in [7, 11) is 1.69. The number of ether oxygens (including phenoxy) is 1. The second-order valence-corrected chi connectivity index (χ2v) is 6.54. The van der Waals surface area contributed by atoms with Crippen molar-refractivity contribution in [1.29, 1.82) is 0 Å². The first-order chi connectivity index (χ1) is 10.2. The highest BCUT2D eigenvalue weighted by Crippen LogP contribution is 2.31. The maximum atomic E-state index is 5.98. The van der Waals surface area contributed by atoms with Gasteiger partial charge in [-0.05, 0) is 47.4 Å². The van der Waals surface area contributed by atoms with Gasteiger partial charge in [0.15, 0.2) is 0 Å². The van der Waals surface area contributed by atoms with Gasteiger partial charge in [0, 0.05) is 4.88 Å². The number of hydrogen-bond donors (Lipinski definition) is 0. The van der Waals surface area contributed by atoms with Crippen LogP contribution < -0.4 is 4.74 Å². The number of benzene rings is 2. The third-order valence-electron chi connectivity index (χ3n) is 3.38. The molecule has 0 spiro atoms. The molecule has 1 aromatic heterocycles. The van der Waals surface area contributed by atoms with Gasteiger partial charge >= 0.3 is 0 Å². The number of halogens is 1. The van der Waals surface area contributed by atoms with Crippen molar-refractivity contribution in [2.75, 3.05) is 7.11 Å². The van der Waals surface area contributed by atoms with E-state index in [1.54, 1.807) is 18.4 Å². The molecule has 0 saturated heterocycles. The number of thiophene rings is 1. The Labute approximate surface area is 133 Å². The van der Waals surface area contributed by atoms with E-state index in [0.717, 1.165) is 16.5 Å². The second kappa shape index (κ2) is 6.33. The molecule has 0 aliphatic carbocycles. The molecule has 0 aliphatic rings. The Kier molecular flexibility index (Phi) is 4.28. The van der Waals surface area contributed by atoms with Crippen LogP contribution in [0.25, 0.3) is 10.4 Å². The highest BCUT2D eigenvalue weighted by molar-refractivity contribution is 7.19. The van der Waals surface area contributed by atoms with E-state index in [-0.39, 0.29) is 0 Å². The predicted octanol–water partition coefficient (Wildman–Crippen LogP) is 5.67. The predicted molar refractivity (Wildman–Crippen MR) is 90.6 cm³/mol. The quantitative estimate of drug-likeness (QED) is 0.603.